The Balaban J connectivity index is 1.60. The number of hydrogen-bond acceptors (Lipinski definition) is 4. The zero-order valence-electron chi connectivity index (χ0n) is 23.3. The van der Waals surface area contributed by atoms with Gasteiger partial charge in [-0.3, -0.25) is 19.2 Å². The first-order valence-corrected chi connectivity index (χ1v) is 15.2. The molecule has 13 heteroatoms. The summed E-state index contributed by atoms with van der Waals surface area (Å²) >= 11 is 25.3. The number of halogens is 5. The molecule has 0 radical (unpaired) electrons. The lowest BCUT2D eigenvalue weighted by Gasteiger charge is -2.42. The summed E-state index contributed by atoms with van der Waals surface area (Å²) in [7, 11) is 0. The van der Waals surface area contributed by atoms with Crippen molar-refractivity contribution in [2.24, 2.45) is 5.73 Å². The van der Waals surface area contributed by atoms with Crippen molar-refractivity contribution in [2.45, 2.75) is 42.9 Å². The molecule has 3 atom stereocenters. The van der Waals surface area contributed by atoms with Gasteiger partial charge >= 0.3 is 0 Å². The highest BCUT2D eigenvalue weighted by Gasteiger charge is 2.43. The summed E-state index contributed by atoms with van der Waals surface area (Å²) in [5.74, 6) is -2.95. The number of hydrogen-bond donors (Lipinski definition) is 1. The summed E-state index contributed by atoms with van der Waals surface area (Å²) in [5.41, 5.74) is 5.62. The average Bonchev–Trinajstić information content (AvgIpc) is 2.98. The summed E-state index contributed by atoms with van der Waals surface area (Å²) in [5, 5.41) is 1.05. The Kier molecular flexibility index (Phi) is 11.5. The Morgan fingerprint density at radius 1 is 0.864 bits per heavy atom. The minimum atomic E-state index is -1.28. The highest BCUT2D eigenvalue weighted by molar-refractivity contribution is 6.30. The Morgan fingerprint density at radius 3 is 1.93 bits per heavy atom. The quantitative estimate of drug-likeness (QED) is 0.215. The van der Waals surface area contributed by atoms with E-state index < -0.39 is 59.5 Å². The van der Waals surface area contributed by atoms with E-state index in [9.17, 15) is 23.6 Å². The first kappa shape index (κ1) is 33.5. The van der Waals surface area contributed by atoms with E-state index in [1.807, 2.05) is 0 Å². The smallest absolute Gasteiger partial charge is 0.247 e. The van der Waals surface area contributed by atoms with Gasteiger partial charge in [0.05, 0.1) is 6.42 Å². The molecule has 0 spiro atoms. The molecule has 8 nitrogen and oxygen atoms in total. The Hall–Kier alpha value is -3.37. The number of rotatable bonds is 12. The molecule has 4 rings (SSSR count). The van der Waals surface area contributed by atoms with Crippen molar-refractivity contribution in [3.05, 3.63) is 105 Å². The second-order valence-corrected chi connectivity index (χ2v) is 12.2. The number of carbonyl (C=O) groups is 4. The molecule has 0 aromatic heterocycles. The fraction of sp³-hybridized carbons (Fsp3) is 0.290. The molecule has 1 aliphatic rings. The average molecular weight is 682 g/mol. The fourth-order valence-corrected chi connectivity index (χ4v) is 5.83. The van der Waals surface area contributed by atoms with Gasteiger partial charge < -0.3 is 20.4 Å². The van der Waals surface area contributed by atoms with Crippen LogP contribution in [0.5, 0.6) is 0 Å². The molecular formula is C31H29Cl4FN4O4. The summed E-state index contributed by atoms with van der Waals surface area (Å²) < 4.78 is 13.6. The van der Waals surface area contributed by atoms with Gasteiger partial charge in [0.15, 0.2) is 0 Å². The van der Waals surface area contributed by atoms with Crippen LogP contribution >= 0.6 is 46.4 Å². The Morgan fingerprint density at radius 2 is 1.39 bits per heavy atom. The normalized spacial score (nSPS) is 16.5. The Labute approximate surface area is 274 Å². The molecule has 3 aromatic rings. The van der Waals surface area contributed by atoms with Crippen LogP contribution in [-0.2, 0) is 38.6 Å². The zero-order chi connectivity index (χ0) is 32.0. The molecule has 0 bridgehead atoms. The van der Waals surface area contributed by atoms with E-state index >= 15 is 0 Å². The molecule has 0 saturated carbocycles. The maximum absolute atomic E-state index is 13.9. The molecule has 1 heterocycles. The van der Waals surface area contributed by atoms with E-state index in [2.05, 4.69) is 0 Å². The van der Waals surface area contributed by atoms with E-state index in [1.54, 1.807) is 48.5 Å². The van der Waals surface area contributed by atoms with Crippen LogP contribution in [0, 0.1) is 5.82 Å². The van der Waals surface area contributed by atoms with Crippen molar-refractivity contribution >= 4 is 70.0 Å². The number of nitrogens with zero attached hydrogens (tertiary/aromatic N) is 3. The molecule has 2 N–H and O–H groups in total. The van der Waals surface area contributed by atoms with E-state index in [-0.39, 0.29) is 25.9 Å². The van der Waals surface area contributed by atoms with Gasteiger partial charge in [-0.2, -0.15) is 0 Å². The van der Waals surface area contributed by atoms with Gasteiger partial charge in [0.25, 0.3) is 0 Å². The van der Waals surface area contributed by atoms with Crippen molar-refractivity contribution in [2.75, 3.05) is 13.1 Å². The third kappa shape index (κ3) is 8.85. The third-order valence-electron chi connectivity index (χ3n) is 7.16. The second kappa shape index (κ2) is 15.1. The number of nitrogens with two attached hydrogens (primary N) is 1. The molecule has 3 unspecified atom stereocenters. The van der Waals surface area contributed by atoms with Crippen molar-refractivity contribution in [1.82, 2.24) is 14.7 Å². The lowest BCUT2D eigenvalue weighted by atomic mass is 10.0. The predicted molar refractivity (Wildman–Crippen MR) is 168 cm³/mol. The van der Waals surface area contributed by atoms with Gasteiger partial charge in [-0.05, 0) is 53.1 Å². The lowest BCUT2D eigenvalue weighted by Crippen LogP contribution is -2.62. The molecule has 1 saturated heterocycles. The fourth-order valence-electron chi connectivity index (χ4n) is 4.88. The van der Waals surface area contributed by atoms with Crippen molar-refractivity contribution in [3.8, 4) is 0 Å². The molecule has 4 amide bonds. The van der Waals surface area contributed by atoms with Gasteiger partial charge in [-0.15, -0.1) is 0 Å². The van der Waals surface area contributed by atoms with E-state index in [0.717, 1.165) is 16.0 Å². The molecule has 1 aliphatic heterocycles. The Bertz CT molecular complexity index is 1490. The number of piperazine rings is 1. The number of primary amides is 1. The number of benzene rings is 3. The van der Waals surface area contributed by atoms with Crippen molar-refractivity contribution < 1.29 is 23.6 Å². The standard InChI is InChI=1S/C31H29Cl4FN4O4/c32-22-7-1-19(2-8-22)13-26(34)39(17-28(37)41)29(42)15-25-31(44)40(27(35)14-20-3-9-23(33)10-4-20)18-30(43)38(25)16-21-5-11-24(36)12-6-21/h1-12,25-27H,13-18H2,(H2,37,41). The molecule has 0 aliphatic carbocycles. The minimum absolute atomic E-state index is 0.0638. The van der Waals surface area contributed by atoms with Crippen LogP contribution in [0.1, 0.15) is 23.1 Å². The maximum Gasteiger partial charge on any atom is 0.247 e. The van der Waals surface area contributed by atoms with Gasteiger partial charge in [-0.25, -0.2) is 4.39 Å². The molecule has 232 valence electrons. The van der Waals surface area contributed by atoms with Crippen molar-refractivity contribution in [3.63, 3.8) is 0 Å². The topological polar surface area (TPSA) is 104 Å². The monoisotopic (exact) mass is 680 g/mol. The third-order valence-corrected chi connectivity index (χ3v) is 8.45. The minimum Gasteiger partial charge on any atom is -0.368 e. The molecule has 1 fully saturated rings. The van der Waals surface area contributed by atoms with Crippen LogP contribution in [0.15, 0.2) is 72.8 Å². The largest absolute Gasteiger partial charge is 0.368 e. The number of alkyl halides is 2. The number of carbonyl (C=O) groups excluding carboxylic acids is 4. The van der Waals surface area contributed by atoms with Crippen LogP contribution < -0.4 is 5.73 Å². The van der Waals surface area contributed by atoms with Gasteiger partial charge in [-0.1, -0.05) is 82.8 Å². The summed E-state index contributed by atoms with van der Waals surface area (Å²) in [6, 6.07) is 17.9. The highest BCUT2D eigenvalue weighted by Crippen LogP contribution is 2.26. The number of amides is 4. The molecule has 3 aromatic carbocycles. The first-order chi connectivity index (χ1) is 20.9. The van der Waals surface area contributed by atoms with Crippen LogP contribution in [0.25, 0.3) is 0 Å². The van der Waals surface area contributed by atoms with Gasteiger partial charge in [0.1, 0.15) is 36.0 Å². The summed E-state index contributed by atoms with van der Waals surface area (Å²) in [6.45, 7) is -0.899. The van der Waals surface area contributed by atoms with Crippen molar-refractivity contribution in [1.29, 1.82) is 0 Å². The highest BCUT2D eigenvalue weighted by atomic mass is 35.5. The summed E-state index contributed by atoms with van der Waals surface area (Å²) in [6.07, 6.45) is -0.121. The first-order valence-electron chi connectivity index (χ1n) is 13.6. The zero-order valence-corrected chi connectivity index (χ0v) is 26.4. The molecule has 44 heavy (non-hydrogen) atoms. The SMILES string of the molecule is NC(=O)CN(C(=O)CC1C(=O)N(C(Cl)Cc2ccc(Cl)cc2)CC(=O)N1Cc1ccc(F)cc1)C(Cl)Cc1ccc(Cl)cc1. The van der Waals surface area contributed by atoms with E-state index in [4.69, 9.17) is 52.1 Å². The van der Waals surface area contributed by atoms with Gasteiger partial charge in [0.2, 0.25) is 23.6 Å². The lowest BCUT2D eigenvalue weighted by molar-refractivity contribution is -0.159. The van der Waals surface area contributed by atoms with Crippen LogP contribution in [-0.4, -0.2) is 68.5 Å². The van der Waals surface area contributed by atoms with Crippen LogP contribution in [0.3, 0.4) is 0 Å². The second-order valence-electron chi connectivity index (χ2n) is 10.4. The summed E-state index contributed by atoms with van der Waals surface area (Å²) in [4.78, 5) is 56.7. The predicted octanol–water partition coefficient (Wildman–Crippen LogP) is 4.99. The van der Waals surface area contributed by atoms with E-state index in [0.29, 0.717) is 15.6 Å². The molecular weight excluding hydrogens is 653 g/mol. The van der Waals surface area contributed by atoms with Crippen LogP contribution in [0.4, 0.5) is 4.39 Å². The maximum atomic E-state index is 13.9. The van der Waals surface area contributed by atoms with Crippen LogP contribution in [0.2, 0.25) is 10.0 Å². The van der Waals surface area contributed by atoms with E-state index in [1.165, 1.54) is 34.1 Å². The van der Waals surface area contributed by atoms with Gasteiger partial charge in [0, 0.05) is 29.4 Å².